The standard InChI is InChI=1S/C14H21NS/c1-12-3-2-4-13(9-12)10-16-11-14(5-6-14)7-8-15/h2-4,9H,5-8,10-11,15H2,1H3. The molecule has 0 radical (unpaired) electrons. The van der Waals surface area contributed by atoms with Gasteiger partial charge in [-0.15, -0.1) is 0 Å². The van der Waals surface area contributed by atoms with Gasteiger partial charge in [-0.1, -0.05) is 29.8 Å². The Balaban J connectivity index is 1.76. The first kappa shape index (κ1) is 12.0. The van der Waals surface area contributed by atoms with E-state index in [4.69, 9.17) is 5.73 Å². The Morgan fingerprint density at radius 1 is 1.38 bits per heavy atom. The van der Waals surface area contributed by atoms with Crippen LogP contribution in [0.25, 0.3) is 0 Å². The first-order valence-electron chi connectivity index (χ1n) is 6.07. The highest BCUT2D eigenvalue weighted by molar-refractivity contribution is 7.98. The molecule has 1 saturated carbocycles. The molecule has 1 fully saturated rings. The van der Waals surface area contributed by atoms with Crippen molar-refractivity contribution < 1.29 is 0 Å². The van der Waals surface area contributed by atoms with Gasteiger partial charge in [-0.25, -0.2) is 0 Å². The van der Waals surface area contributed by atoms with Crippen LogP contribution in [0.4, 0.5) is 0 Å². The lowest BCUT2D eigenvalue weighted by atomic mass is 10.1. The van der Waals surface area contributed by atoms with Gasteiger partial charge in [0.1, 0.15) is 0 Å². The average molecular weight is 235 g/mol. The molecule has 1 aromatic rings. The van der Waals surface area contributed by atoms with Crippen LogP contribution in [0.1, 0.15) is 30.4 Å². The fourth-order valence-corrected chi connectivity index (χ4v) is 3.52. The second-order valence-electron chi connectivity index (χ2n) is 5.02. The van der Waals surface area contributed by atoms with E-state index in [0.717, 1.165) is 12.3 Å². The summed E-state index contributed by atoms with van der Waals surface area (Å²) >= 11 is 2.07. The maximum absolute atomic E-state index is 5.65. The normalized spacial score (nSPS) is 17.4. The van der Waals surface area contributed by atoms with Gasteiger partial charge in [-0.05, 0) is 49.5 Å². The van der Waals surface area contributed by atoms with Crippen molar-refractivity contribution in [3.63, 3.8) is 0 Å². The maximum atomic E-state index is 5.65. The van der Waals surface area contributed by atoms with Crippen LogP contribution in [-0.4, -0.2) is 12.3 Å². The molecule has 1 aromatic carbocycles. The van der Waals surface area contributed by atoms with E-state index in [0.29, 0.717) is 5.41 Å². The number of rotatable bonds is 6. The van der Waals surface area contributed by atoms with Crippen molar-refractivity contribution in [2.24, 2.45) is 11.1 Å². The van der Waals surface area contributed by atoms with E-state index in [1.165, 1.54) is 36.1 Å². The number of benzene rings is 1. The van der Waals surface area contributed by atoms with Gasteiger partial charge in [0.25, 0.3) is 0 Å². The van der Waals surface area contributed by atoms with Crippen molar-refractivity contribution in [1.29, 1.82) is 0 Å². The molecule has 1 aliphatic carbocycles. The van der Waals surface area contributed by atoms with Crippen molar-refractivity contribution in [2.45, 2.75) is 31.9 Å². The van der Waals surface area contributed by atoms with E-state index in [1.54, 1.807) is 0 Å². The molecule has 0 aromatic heterocycles. The zero-order chi connectivity index (χ0) is 11.4. The maximum Gasteiger partial charge on any atom is 0.0184 e. The summed E-state index contributed by atoms with van der Waals surface area (Å²) in [4.78, 5) is 0. The second-order valence-corrected chi connectivity index (χ2v) is 6.01. The molecule has 2 rings (SSSR count). The molecular weight excluding hydrogens is 214 g/mol. The van der Waals surface area contributed by atoms with E-state index in [9.17, 15) is 0 Å². The quantitative estimate of drug-likeness (QED) is 0.818. The minimum absolute atomic E-state index is 0.614. The lowest BCUT2D eigenvalue weighted by Gasteiger charge is -2.13. The zero-order valence-corrected chi connectivity index (χ0v) is 10.9. The number of hydrogen-bond donors (Lipinski definition) is 1. The van der Waals surface area contributed by atoms with E-state index >= 15 is 0 Å². The van der Waals surface area contributed by atoms with E-state index in [1.807, 2.05) is 0 Å². The molecule has 0 unspecified atom stereocenters. The predicted octanol–water partition coefficient (Wildman–Crippen LogP) is 3.36. The van der Waals surface area contributed by atoms with Crippen LogP contribution in [0.5, 0.6) is 0 Å². The summed E-state index contributed by atoms with van der Waals surface area (Å²) in [5, 5.41) is 0. The summed E-state index contributed by atoms with van der Waals surface area (Å²) in [5.74, 6) is 2.44. The molecule has 0 aliphatic heterocycles. The van der Waals surface area contributed by atoms with Gasteiger partial charge in [0.2, 0.25) is 0 Å². The number of nitrogens with two attached hydrogens (primary N) is 1. The fraction of sp³-hybridized carbons (Fsp3) is 0.571. The Kier molecular flexibility index (Phi) is 3.93. The van der Waals surface area contributed by atoms with Crippen LogP contribution in [0.3, 0.4) is 0 Å². The summed E-state index contributed by atoms with van der Waals surface area (Å²) in [5.41, 5.74) is 9.08. The molecule has 1 nitrogen and oxygen atoms in total. The van der Waals surface area contributed by atoms with Gasteiger partial charge in [0.05, 0.1) is 0 Å². The molecule has 2 heteroatoms. The van der Waals surface area contributed by atoms with Crippen molar-refractivity contribution in [3.8, 4) is 0 Å². The Morgan fingerprint density at radius 3 is 2.81 bits per heavy atom. The third-order valence-electron chi connectivity index (χ3n) is 3.39. The minimum atomic E-state index is 0.614. The highest BCUT2D eigenvalue weighted by Gasteiger charge is 2.41. The van der Waals surface area contributed by atoms with Crippen molar-refractivity contribution in [1.82, 2.24) is 0 Å². The highest BCUT2D eigenvalue weighted by atomic mass is 32.2. The van der Waals surface area contributed by atoms with Gasteiger partial charge < -0.3 is 5.73 Å². The van der Waals surface area contributed by atoms with E-state index < -0.39 is 0 Å². The fourth-order valence-electron chi connectivity index (χ4n) is 2.14. The van der Waals surface area contributed by atoms with Gasteiger partial charge in [-0.2, -0.15) is 11.8 Å². The van der Waals surface area contributed by atoms with Crippen molar-refractivity contribution >= 4 is 11.8 Å². The lowest BCUT2D eigenvalue weighted by molar-refractivity contribution is 0.537. The van der Waals surface area contributed by atoms with Crippen LogP contribution in [0.2, 0.25) is 0 Å². The number of hydrogen-bond acceptors (Lipinski definition) is 2. The molecule has 0 saturated heterocycles. The third kappa shape index (κ3) is 3.26. The molecule has 0 spiro atoms. The van der Waals surface area contributed by atoms with Crippen molar-refractivity contribution in [2.75, 3.05) is 12.3 Å². The van der Waals surface area contributed by atoms with Crippen LogP contribution in [0.15, 0.2) is 24.3 Å². The molecule has 1 aliphatic rings. The first-order valence-corrected chi connectivity index (χ1v) is 7.23. The van der Waals surface area contributed by atoms with Gasteiger partial charge in [-0.3, -0.25) is 0 Å². The van der Waals surface area contributed by atoms with Gasteiger partial charge in [0, 0.05) is 5.75 Å². The molecule has 0 amide bonds. The zero-order valence-electron chi connectivity index (χ0n) is 10.0. The largest absolute Gasteiger partial charge is 0.330 e. The lowest BCUT2D eigenvalue weighted by Crippen LogP contribution is -2.11. The molecule has 0 heterocycles. The molecular formula is C14H21NS. The smallest absolute Gasteiger partial charge is 0.0184 e. The van der Waals surface area contributed by atoms with Crippen LogP contribution in [-0.2, 0) is 5.75 Å². The first-order chi connectivity index (χ1) is 7.74. The second kappa shape index (κ2) is 5.24. The topological polar surface area (TPSA) is 26.0 Å². The number of aryl methyl sites for hydroxylation is 1. The predicted molar refractivity (Wildman–Crippen MR) is 72.7 cm³/mol. The Morgan fingerprint density at radius 2 is 2.19 bits per heavy atom. The molecule has 16 heavy (non-hydrogen) atoms. The molecule has 88 valence electrons. The summed E-state index contributed by atoms with van der Waals surface area (Å²) in [6.45, 7) is 3.01. The van der Waals surface area contributed by atoms with E-state index in [-0.39, 0.29) is 0 Å². The third-order valence-corrected chi connectivity index (χ3v) is 4.75. The monoisotopic (exact) mass is 235 g/mol. The van der Waals surface area contributed by atoms with Crippen LogP contribution >= 0.6 is 11.8 Å². The Labute approximate surface area is 103 Å². The summed E-state index contributed by atoms with van der Waals surface area (Å²) in [6.07, 6.45) is 4.00. The Hall–Kier alpha value is -0.470. The van der Waals surface area contributed by atoms with Crippen LogP contribution in [0, 0.1) is 12.3 Å². The summed E-state index contributed by atoms with van der Waals surface area (Å²) < 4.78 is 0. The molecule has 0 bridgehead atoms. The Bertz CT molecular complexity index is 344. The van der Waals surface area contributed by atoms with Crippen molar-refractivity contribution in [3.05, 3.63) is 35.4 Å². The minimum Gasteiger partial charge on any atom is -0.330 e. The van der Waals surface area contributed by atoms with Gasteiger partial charge >= 0.3 is 0 Å². The van der Waals surface area contributed by atoms with Gasteiger partial charge in [0.15, 0.2) is 0 Å². The number of thioether (sulfide) groups is 1. The SMILES string of the molecule is Cc1cccc(CSCC2(CCN)CC2)c1. The highest BCUT2D eigenvalue weighted by Crippen LogP contribution is 2.50. The summed E-state index contributed by atoms with van der Waals surface area (Å²) in [7, 11) is 0. The van der Waals surface area contributed by atoms with E-state index in [2.05, 4.69) is 43.0 Å². The summed E-state index contributed by atoms with van der Waals surface area (Å²) in [6, 6.07) is 8.82. The van der Waals surface area contributed by atoms with Crippen LogP contribution < -0.4 is 5.73 Å². The molecule has 0 atom stereocenters. The molecule has 2 N–H and O–H groups in total. The average Bonchev–Trinajstić information content (AvgIpc) is 2.99.